The van der Waals surface area contributed by atoms with E-state index in [0.29, 0.717) is 25.3 Å². The number of Topliss-reactive ketones (excluding diaryl/α,β-unsaturated/α-hetero) is 1. The van der Waals surface area contributed by atoms with Crippen LogP contribution in [-0.4, -0.2) is 34.2 Å². The van der Waals surface area contributed by atoms with Gasteiger partial charge in [-0.3, -0.25) is 9.59 Å². The summed E-state index contributed by atoms with van der Waals surface area (Å²) >= 11 is 0. The second-order valence-corrected chi connectivity index (χ2v) is 7.30. The molecule has 28 heavy (non-hydrogen) atoms. The van der Waals surface area contributed by atoms with Crippen LogP contribution in [0, 0.1) is 5.92 Å². The minimum absolute atomic E-state index is 0.00237. The number of amides is 1. The molecule has 0 radical (unpaired) electrons. The predicted octanol–water partition coefficient (Wildman–Crippen LogP) is 4.27. The summed E-state index contributed by atoms with van der Waals surface area (Å²) in [6, 6.07) is 23.4. The topological polar surface area (TPSA) is 42.3 Å². The van der Waals surface area contributed by atoms with Gasteiger partial charge in [-0.2, -0.15) is 0 Å². The minimum Gasteiger partial charge on any atom is -0.339 e. The van der Waals surface area contributed by atoms with Gasteiger partial charge in [0, 0.05) is 37.3 Å². The van der Waals surface area contributed by atoms with Gasteiger partial charge in [0.2, 0.25) is 0 Å². The first kappa shape index (κ1) is 18.2. The van der Waals surface area contributed by atoms with Crippen molar-refractivity contribution in [2.75, 3.05) is 13.1 Å². The van der Waals surface area contributed by atoms with E-state index >= 15 is 0 Å². The number of rotatable bonds is 5. The van der Waals surface area contributed by atoms with Crippen molar-refractivity contribution in [3.8, 4) is 0 Å². The highest BCUT2D eigenvalue weighted by Crippen LogP contribution is 2.23. The number of piperidine rings is 1. The summed E-state index contributed by atoms with van der Waals surface area (Å²) in [6.07, 6.45) is 3.39. The molecule has 0 spiro atoms. The standard InChI is InChI=1S/C24H24N2O2/c27-23(20-10-5-2-6-11-20)21-13-16-25(17-14-21)24(28)22-12-7-15-26(22)18-19-8-3-1-4-9-19/h1-12,15,21H,13-14,16-18H2. The summed E-state index contributed by atoms with van der Waals surface area (Å²) in [5.74, 6) is 0.245. The smallest absolute Gasteiger partial charge is 0.270 e. The molecule has 0 aliphatic carbocycles. The van der Waals surface area contributed by atoms with Gasteiger partial charge in [-0.1, -0.05) is 60.7 Å². The Balaban J connectivity index is 1.40. The molecule has 3 aromatic rings. The van der Waals surface area contributed by atoms with Crippen LogP contribution in [0.3, 0.4) is 0 Å². The van der Waals surface area contributed by atoms with Gasteiger partial charge < -0.3 is 9.47 Å². The molecule has 0 unspecified atom stereocenters. The van der Waals surface area contributed by atoms with Crippen LogP contribution in [0.25, 0.3) is 0 Å². The molecule has 1 aromatic heterocycles. The van der Waals surface area contributed by atoms with Crippen LogP contribution < -0.4 is 0 Å². The molecule has 1 saturated heterocycles. The van der Waals surface area contributed by atoms with Crippen LogP contribution >= 0.6 is 0 Å². The van der Waals surface area contributed by atoms with Gasteiger partial charge in [-0.25, -0.2) is 0 Å². The van der Waals surface area contributed by atoms with Gasteiger partial charge in [-0.05, 0) is 30.5 Å². The largest absolute Gasteiger partial charge is 0.339 e. The normalized spacial score (nSPS) is 14.8. The summed E-state index contributed by atoms with van der Waals surface area (Å²) in [5, 5.41) is 0. The molecule has 1 aliphatic rings. The van der Waals surface area contributed by atoms with Crippen LogP contribution in [-0.2, 0) is 6.54 Å². The van der Waals surface area contributed by atoms with E-state index in [1.54, 1.807) is 0 Å². The first-order valence-electron chi connectivity index (χ1n) is 9.80. The number of hydrogen-bond donors (Lipinski definition) is 0. The molecule has 0 atom stereocenters. The number of hydrogen-bond acceptors (Lipinski definition) is 2. The fraction of sp³-hybridized carbons (Fsp3) is 0.250. The van der Waals surface area contributed by atoms with Crippen molar-refractivity contribution < 1.29 is 9.59 Å². The average molecular weight is 372 g/mol. The maximum atomic E-state index is 13.0. The third-order valence-corrected chi connectivity index (χ3v) is 5.46. The van der Waals surface area contributed by atoms with Crippen molar-refractivity contribution in [3.05, 3.63) is 95.8 Å². The Hall–Kier alpha value is -3.14. The van der Waals surface area contributed by atoms with Crippen molar-refractivity contribution in [3.63, 3.8) is 0 Å². The Bertz CT molecular complexity index is 939. The number of aromatic nitrogens is 1. The van der Waals surface area contributed by atoms with Crippen LogP contribution in [0.5, 0.6) is 0 Å². The fourth-order valence-electron chi connectivity index (χ4n) is 3.87. The second kappa shape index (κ2) is 8.26. The zero-order valence-corrected chi connectivity index (χ0v) is 15.8. The minimum atomic E-state index is 0.00237. The number of carbonyl (C=O) groups is 2. The summed E-state index contributed by atoms with van der Waals surface area (Å²) < 4.78 is 2.00. The van der Waals surface area contributed by atoms with E-state index in [2.05, 4.69) is 12.1 Å². The fourth-order valence-corrected chi connectivity index (χ4v) is 3.87. The van der Waals surface area contributed by atoms with Gasteiger partial charge in [0.1, 0.15) is 5.69 Å². The molecule has 0 bridgehead atoms. The van der Waals surface area contributed by atoms with Crippen LogP contribution in [0.15, 0.2) is 79.0 Å². The number of benzene rings is 2. The van der Waals surface area contributed by atoms with E-state index in [1.165, 1.54) is 5.56 Å². The zero-order valence-electron chi connectivity index (χ0n) is 15.8. The molecule has 2 heterocycles. The van der Waals surface area contributed by atoms with Crippen molar-refractivity contribution in [2.45, 2.75) is 19.4 Å². The first-order chi connectivity index (χ1) is 13.7. The molecule has 2 aromatic carbocycles. The van der Waals surface area contributed by atoms with E-state index < -0.39 is 0 Å². The Labute approximate surface area is 165 Å². The zero-order chi connectivity index (χ0) is 19.3. The first-order valence-corrected chi connectivity index (χ1v) is 9.80. The van der Waals surface area contributed by atoms with Gasteiger partial charge in [-0.15, -0.1) is 0 Å². The number of ketones is 1. The van der Waals surface area contributed by atoms with Crippen molar-refractivity contribution in [1.82, 2.24) is 9.47 Å². The summed E-state index contributed by atoms with van der Waals surface area (Å²) in [5.41, 5.74) is 2.64. The lowest BCUT2D eigenvalue weighted by molar-refractivity contribution is 0.0642. The van der Waals surface area contributed by atoms with Gasteiger partial charge in [0.25, 0.3) is 5.91 Å². The molecule has 0 N–H and O–H groups in total. The highest BCUT2D eigenvalue weighted by molar-refractivity contribution is 5.98. The molecule has 4 nitrogen and oxygen atoms in total. The van der Waals surface area contributed by atoms with E-state index in [1.807, 2.05) is 76.3 Å². The molecule has 4 rings (SSSR count). The average Bonchev–Trinajstić information content (AvgIpc) is 3.22. The summed E-state index contributed by atoms with van der Waals surface area (Å²) in [7, 11) is 0. The number of likely N-dealkylation sites (tertiary alicyclic amines) is 1. The lowest BCUT2D eigenvalue weighted by Crippen LogP contribution is -2.41. The second-order valence-electron chi connectivity index (χ2n) is 7.30. The lowest BCUT2D eigenvalue weighted by Gasteiger charge is -2.31. The molecule has 1 amide bonds. The number of nitrogens with zero attached hydrogens (tertiary/aromatic N) is 2. The maximum absolute atomic E-state index is 13.0. The molecule has 4 heteroatoms. The Kier molecular flexibility index (Phi) is 5.38. The molecular weight excluding hydrogens is 348 g/mol. The molecule has 0 saturated carbocycles. The van der Waals surface area contributed by atoms with Crippen LogP contribution in [0.1, 0.15) is 39.3 Å². The van der Waals surface area contributed by atoms with Crippen LogP contribution in [0.4, 0.5) is 0 Å². The van der Waals surface area contributed by atoms with Gasteiger partial charge in [0.15, 0.2) is 5.78 Å². The van der Waals surface area contributed by atoms with Crippen molar-refractivity contribution in [2.24, 2.45) is 5.92 Å². The maximum Gasteiger partial charge on any atom is 0.270 e. The monoisotopic (exact) mass is 372 g/mol. The lowest BCUT2D eigenvalue weighted by atomic mass is 9.89. The highest BCUT2D eigenvalue weighted by atomic mass is 16.2. The predicted molar refractivity (Wildman–Crippen MR) is 109 cm³/mol. The summed E-state index contributed by atoms with van der Waals surface area (Å²) in [4.78, 5) is 27.6. The van der Waals surface area contributed by atoms with Crippen molar-refractivity contribution in [1.29, 1.82) is 0 Å². The third-order valence-electron chi connectivity index (χ3n) is 5.46. The third kappa shape index (κ3) is 3.91. The Morgan fingerprint density at radius 2 is 1.46 bits per heavy atom. The quantitative estimate of drug-likeness (QED) is 0.628. The molecule has 1 fully saturated rings. The van der Waals surface area contributed by atoms with E-state index in [-0.39, 0.29) is 17.6 Å². The Morgan fingerprint density at radius 3 is 2.14 bits per heavy atom. The van der Waals surface area contributed by atoms with Crippen LogP contribution in [0.2, 0.25) is 0 Å². The Morgan fingerprint density at radius 1 is 0.821 bits per heavy atom. The van der Waals surface area contributed by atoms with E-state index in [0.717, 1.165) is 18.4 Å². The SMILES string of the molecule is O=C(c1ccccc1)C1CCN(C(=O)c2cccn2Cc2ccccc2)CC1. The molecule has 142 valence electrons. The number of carbonyl (C=O) groups excluding carboxylic acids is 2. The molecule has 1 aliphatic heterocycles. The van der Waals surface area contributed by atoms with E-state index in [9.17, 15) is 9.59 Å². The van der Waals surface area contributed by atoms with Crippen molar-refractivity contribution >= 4 is 11.7 Å². The van der Waals surface area contributed by atoms with Gasteiger partial charge >= 0.3 is 0 Å². The summed E-state index contributed by atoms with van der Waals surface area (Å²) in [6.45, 7) is 1.93. The van der Waals surface area contributed by atoms with Gasteiger partial charge in [0.05, 0.1) is 0 Å². The van der Waals surface area contributed by atoms with E-state index in [4.69, 9.17) is 0 Å². The highest BCUT2D eigenvalue weighted by Gasteiger charge is 2.29. The molecular formula is C24H24N2O2.